The Balaban J connectivity index is 1.28. The molecule has 2 amide bonds. The number of carbonyl (C=O) groups is 2. The lowest BCUT2D eigenvalue weighted by atomic mass is 10.1. The molecule has 0 bridgehead atoms. The van der Waals surface area contributed by atoms with Gasteiger partial charge in [0.15, 0.2) is 0 Å². The third kappa shape index (κ3) is 6.11. The molecule has 0 spiro atoms. The summed E-state index contributed by atoms with van der Waals surface area (Å²) in [6.45, 7) is 3.16. The van der Waals surface area contributed by atoms with Gasteiger partial charge in [-0.15, -0.1) is 0 Å². The predicted molar refractivity (Wildman–Crippen MR) is 133 cm³/mol. The molecule has 1 atom stereocenters. The summed E-state index contributed by atoms with van der Waals surface area (Å²) < 4.78 is 18.0. The number of ether oxygens (including phenoxy) is 3. The van der Waals surface area contributed by atoms with Crippen LogP contribution >= 0.6 is 11.8 Å². The zero-order valence-corrected chi connectivity index (χ0v) is 19.8. The molecular weight excluding hydrogens is 450 g/mol. The minimum absolute atomic E-state index is 0.276. The lowest BCUT2D eigenvalue weighted by Gasteiger charge is -2.16. The maximum absolute atomic E-state index is 11.8. The highest BCUT2D eigenvalue weighted by Crippen LogP contribution is 2.35. The fraction of sp³-hybridized carbons (Fsp3) is 0.259. The molecule has 0 aliphatic carbocycles. The van der Waals surface area contributed by atoms with E-state index in [2.05, 4.69) is 12.2 Å². The number of hydrogen-bond donors (Lipinski definition) is 1. The van der Waals surface area contributed by atoms with Crippen molar-refractivity contribution in [3.8, 4) is 23.0 Å². The largest absolute Gasteiger partial charge is 0.493 e. The highest BCUT2D eigenvalue weighted by molar-refractivity contribution is 8.15. The number of imide groups is 1. The highest BCUT2D eigenvalue weighted by atomic mass is 32.2. The van der Waals surface area contributed by atoms with Gasteiger partial charge in [-0.2, -0.15) is 0 Å². The topological polar surface area (TPSA) is 73.9 Å². The van der Waals surface area contributed by atoms with Gasteiger partial charge in [0.2, 0.25) is 5.91 Å². The molecule has 1 aliphatic heterocycles. The van der Waals surface area contributed by atoms with E-state index in [-0.39, 0.29) is 11.1 Å². The maximum atomic E-state index is 11.8. The van der Waals surface area contributed by atoms with E-state index >= 15 is 0 Å². The molecule has 1 fully saturated rings. The first-order chi connectivity index (χ1) is 16.6. The first-order valence-electron chi connectivity index (χ1n) is 11.4. The summed E-state index contributed by atoms with van der Waals surface area (Å²) in [7, 11) is 0. The van der Waals surface area contributed by atoms with Crippen molar-refractivity contribution in [3.05, 3.63) is 83.9 Å². The number of hydrogen-bond acceptors (Lipinski definition) is 6. The standard InChI is InChI=1S/C27H27NO5S/c1-2-8-22-23(11-6-12-24(22)33-21-9-4-3-5-10-21)32-18-7-17-31-20-15-13-19(14-16-20)25-26(29)28-27(30)34-25/h3-6,9-16,25H,2,7-8,17-18H2,1H3,(H,28,29,30). The molecule has 0 aromatic heterocycles. The van der Waals surface area contributed by atoms with Crippen LogP contribution in [0.1, 0.15) is 36.1 Å². The van der Waals surface area contributed by atoms with Crippen molar-refractivity contribution in [2.45, 2.75) is 31.4 Å². The lowest BCUT2D eigenvalue weighted by molar-refractivity contribution is -0.119. The Morgan fingerprint density at radius 1 is 0.824 bits per heavy atom. The van der Waals surface area contributed by atoms with E-state index in [1.165, 1.54) is 0 Å². The molecule has 0 radical (unpaired) electrons. The summed E-state index contributed by atoms with van der Waals surface area (Å²) in [4.78, 5) is 23.2. The van der Waals surface area contributed by atoms with Gasteiger partial charge < -0.3 is 14.2 Å². The average Bonchev–Trinajstić information content (AvgIpc) is 3.19. The number of thioether (sulfide) groups is 1. The van der Waals surface area contributed by atoms with Crippen LogP contribution in [-0.2, 0) is 11.2 Å². The Bertz CT molecular complexity index is 1120. The van der Waals surface area contributed by atoms with E-state index in [4.69, 9.17) is 14.2 Å². The monoisotopic (exact) mass is 477 g/mol. The first-order valence-corrected chi connectivity index (χ1v) is 12.2. The van der Waals surface area contributed by atoms with Crippen molar-refractivity contribution >= 4 is 22.9 Å². The molecule has 1 N–H and O–H groups in total. The minimum atomic E-state index is -0.492. The zero-order chi connectivity index (χ0) is 23.8. The van der Waals surface area contributed by atoms with Gasteiger partial charge in [0.25, 0.3) is 5.24 Å². The molecule has 4 rings (SSSR count). The van der Waals surface area contributed by atoms with Crippen molar-refractivity contribution < 1.29 is 23.8 Å². The van der Waals surface area contributed by atoms with Crippen LogP contribution in [0.5, 0.6) is 23.0 Å². The summed E-state index contributed by atoms with van der Waals surface area (Å²) in [6.07, 6.45) is 2.57. The molecule has 34 heavy (non-hydrogen) atoms. The van der Waals surface area contributed by atoms with Gasteiger partial charge in [0, 0.05) is 12.0 Å². The van der Waals surface area contributed by atoms with Crippen LogP contribution in [0.15, 0.2) is 72.8 Å². The van der Waals surface area contributed by atoms with Crippen LogP contribution in [0.25, 0.3) is 0 Å². The van der Waals surface area contributed by atoms with Gasteiger partial charge in [0.05, 0.1) is 13.2 Å². The third-order valence-electron chi connectivity index (χ3n) is 5.25. The Morgan fingerprint density at radius 3 is 2.26 bits per heavy atom. The van der Waals surface area contributed by atoms with Crippen molar-refractivity contribution in [1.82, 2.24) is 5.32 Å². The first kappa shape index (κ1) is 23.7. The number of amides is 2. The van der Waals surface area contributed by atoms with E-state index in [1.54, 1.807) is 0 Å². The van der Waals surface area contributed by atoms with Crippen LogP contribution in [0.3, 0.4) is 0 Å². The Hall–Kier alpha value is -3.45. The van der Waals surface area contributed by atoms with E-state index in [1.807, 2.05) is 72.8 Å². The fourth-order valence-electron chi connectivity index (χ4n) is 3.63. The van der Waals surface area contributed by atoms with Gasteiger partial charge in [-0.25, -0.2) is 0 Å². The number of rotatable bonds is 11. The molecular formula is C27H27NO5S. The maximum Gasteiger partial charge on any atom is 0.286 e. The molecule has 3 aromatic carbocycles. The zero-order valence-electron chi connectivity index (χ0n) is 19.0. The molecule has 1 saturated heterocycles. The average molecular weight is 478 g/mol. The minimum Gasteiger partial charge on any atom is -0.493 e. The van der Waals surface area contributed by atoms with Gasteiger partial charge in [-0.3, -0.25) is 14.9 Å². The van der Waals surface area contributed by atoms with Crippen LogP contribution in [0.2, 0.25) is 0 Å². The van der Waals surface area contributed by atoms with Crippen molar-refractivity contribution in [3.63, 3.8) is 0 Å². The number of nitrogens with one attached hydrogen (secondary N) is 1. The highest BCUT2D eigenvalue weighted by Gasteiger charge is 2.32. The van der Waals surface area contributed by atoms with E-state index in [0.717, 1.165) is 53.0 Å². The smallest absolute Gasteiger partial charge is 0.286 e. The number of para-hydroxylation sites is 1. The molecule has 1 aliphatic rings. The van der Waals surface area contributed by atoms with E-state index in [0.29, 0.717) is 25.4 Å². The third-order valence-corrected chi connectivity index (χ3v) is 6.29. The SMILES string of the molecule is CCCc1c(OCCCOc2ccc(C3SC(=O)NC3=O)cc2)cccc1Oc1ccccc1. The summed E-state index contributed by atoms with van der Waals surface area (Å²) in [5.74, 6) is 2.89. The summed E-state index contributed by atoms with van der Waals surface area (Å²) in [6, 6.07) is 22.9. The second-order valence-electron chi connectivity index (χ2n) is 7.79. The van der Waals surface area contributed by atoms with E-state index < -0.39 is 5.25 Å². The summed E-state index contributed by atoms with van der Waals surface area (Å²) in [5.41, 5.74) is 1.85. The number of benzene rings is 3. The van der Waals surface area contributed by atoms with Crippen LogP contribution in [0, 0.1) is 0 Å². The quantitative estimate of drug-likeness (QED) is 0.327. The van der Waals surface area contributed by atoms with Gasteiger partial charge in [0.1, 0.15) is 28.2 Å². The number of carbonyl (C=O) groups excluding carboxylic acids is 2. The molecule has 1 unspecified atom stereocenters. The predicted octanol–water partition coefficient (Wildman–Crippen LogP) is 6.30. The van der Waals surface area contributed by atoms with Crippen molar-refractivity contribution in [1.29, 1.82) is 0 Å². The van der Waals surface area contributed by atoms with Crippen molar-refractivity contribution in [2.75, 3.05) is 13.2 Å². The fourth-order valence-corrected chi connectivity index (χ4v) is 4.47. The molecule has 6 nitrogen and oxygen atoms in total. The second kappa shape index (κ2) is 11.6. The molecule has 0 saturated carbocycles. The summed E-state index contributed by atoms with van der Waals surface area (Å²) in [5, 5.41) is 1.50. The lowest BCUT2D eigenvalue weighted by Crippen LogP contribution is -2.20. The Kier molecular flexibility index (Phi) is 8.09. The van der Waals surface area contributed by atoms with Crippen LogP contribution in [-0.4, -0.2) is 24.4 Å². The molecule has 3 aromatic rings. The van der Waals surface area contributed by atoms with E-state index in [9.17, 15) is 9.59 Å². The molecule has 1 heterocycles. The molecule has 7 heteroatoms. The Labute approximate surface area is 203 Å². The summed E-state index contributed by atoms with van der Waals surface area (Å²) >= 11 is 0.995. The second-order valence-corrected chi connectivity index (χ2v) is 8.87. The molecule has 176 valence electrons. The van der Waals surface area contributed by atoms with Crippen molar-refractivity contribution in [2.24, 2.45) is 0 Å². The van der Waals surface area contributed by atoms with Gasteiger partial charge >= 0.3 is 0 Å². The van der Waals surface area contributed by atoms with Crippen LogP contribution in [0.4, 0.5) is 4.79 Å². The van der Waals surface area contributed by atoms with Crippen LogP contribution < -0.4 is 19.5 Å². The van der Waals surface area contributed by atoms with Gasteiger partial charge in [-0.1, -0.05) is 49.7 Å². The van der Waals surface area contributed by atoms with Gasteiger partial charge in [-0.05, 0) is 60.1 Å². The normalized spacial score (nSPS) is 15.1. The Morgan fingerprint density at radius 2 is 1.56 bits per heavy atom.